The molecule has 1 aliphatic heterocycles. The summed E-state index contributed by atoms with van der Waals surface area (Å²) in [6.07, 6.45) is 1.55. The average molecular weight is 362 g/mol. The van der Waals surface area contributed by atoms with E-state index in [1.165, 1.54) is 5.69 Å². The van der Waals surface area contributed by atoms with Crippen LogP contribution >= 0.6 is 0 Å². The molecule has 0 spiro atoms. The lowest BCUT2D eigenvalue weighted by Crippen LogP contribution is -2.36. The van der Waals surface area contributed by atoms with Crippen molar-refractivity contribution in [3.05, 3.63) is 78.3 Å². The molecule has 138 valence electrons. The highest BCUT2D eigenvalue weighted by Crippen LogP contribution is 2.24. The molecule has 1 amide bonds. The molecule has 1 saturated heterocycles. The fourth-order valence-electron chi connectivity index (χ4n) is 3.24. The fraction of sp³-hybridized carbons (Fsp3) is 0.227. The summed E-state index contributed by atoms with van der Waals surface area (Å²) < 4.78 is 10.8. The Balaban J connectivity index is 1.39. The first-order chi connectivity index (χ1) is 13.3. The molecule has 1 fully saturated rings. The van der Waals surface area contributed by atoms with Crippen LogP contribution in [0.3, 0.4) is 0 Å². The molecule has 0 bridgehead atoms. The third kappa shape index (κ3) is 4.04. The molecule has 1 aliphatic rings. The molecule has 2 aromatic carbocycles. The Morgan fingerprint density at radius 3 is 2.44 bits per heavy atom. The van der Waals surface area contributed by atoms with Crippen LogP contribution in [-0.4, -0.2) is 32.2 Å². The number of hydrogen-bond donors (Lipinski definition) is 1. The summed E-state index contributed by atoms with van der Waals surface area (Å²) in [5, 5.41) is 2.94. The van der Waals surface area contributed by atoms with Gasteiger partial charge < -0.3 is 19.4 Å². The van der Waals surface area contributed by atoms with Crippen LogP contribution in [0.2, 0.25) is 0 Å². The third-order valence-electron chi connectivity index (χ3n) is 4.72. The molecule has 27 heavy (non-hydrogen) atoms. The first-order valence-electron chi connectivity index (χ1n) is 9.14. The highest BCUT2D eigenvalue weighted by molar-refractivity contribution is 5.98. The van der Waals surface area contributed by atoms with E-state index in [1.807, 2.05) is 48.5 Å². The van der Waals surface area contributed by atoms with Gasteiger partial charge in [-0.15, -0.1) is 0 Å². The van der Waals surface area contributed by atoms with Crippen LogP contribution in [0.25, 0.3) is 11.1 Å². The smallest absolute Gasteiger partial charge is 0.287 e. The van der Waals surface area contributed by atoms with Crippen molar-refractivity contribution >= 4 is 11.6 Å². The number of carbonyl (C=O) groups is 1. The molecule has 1 aromatic heterocycles. The van der Waals surface area contributed by atoms with Crippen LogP contribution in [0.15, 0.2) is 71.3 Å². The van der Waals surface area contributed by atoms with E-state index in [9.17, 15) is 4.79 Å². The Morgan fingerprint density at radius 1 is 0.963 bits per heavy atom. The Morgan fingerprint density at radius 2 is 1.70 bits per heavy atom. The minimum atomic E-state index is -0.212. The summed E-state index contributed by atoms with van der Waals surface area (Å²) in [5.74, 6) is 0.127. The van der Waals surface area contributed by atoms with Gasteiger partial charge in [0.1, 0.15) is 0 Å². The Labute approximate surface area is 158 Å². The Hall–Kier alpha value is -3.05. The minimum Gasteiger partial charge on any atom is -0.459 e. The molecule has 5 nitrogen and oxygen atoms in total. The van der Waals surface area contributed by atoms with Gasteiger partial charge in [-0.25, -0.2) is 0 Å². The zero-order chi connectivity index (χ0) is 18.5. The van der Waals surface area contributed by atoms with Gasteiger partial charge in [0.05, 0.1) is 19.5 Å². The number of hydrogen-bond acceptors (Lipinski definition) is 4. The zero-order valence-electron chi connectivity index (χ0n) is 15.1. The Bertz CT molecular complexity index is 881. The summed E-state index contributed by atoms with van der Waals surface area (Å²) in [4.78, 5) is 14.9. The van der Waals surface area contributed by atoms with Gasteiger partial charge >= 0.3 is 0 Å². The number of amides is 1. The number of ether oxygens (including phenoxy) is 1. The number of carbonyl (C=O) groups excluding carboxylic acids is 1. The zero-order valence-corrected chi connectivity index (χ0v) is 15.1. The summed E-state index contributed by atoms with van der Waals surface area (Å²) in [5.41, 5.74) is 4.00. The van der Waals surface area contributed by atoms with Crippen molar-refractivity contribution in [2.24, 2.45) is 0 Å². The highest BCUT2D eigenvalue weighted by Gasteiger charge is 2.16. The number of rotatable bonds is 5. The molecule has 1 N–H and O–H groups in total. The maximum atomic E-state index is 12.6. The van der Waals surface area contributed by atoms with Crippen molar-refractivity contribution in [1.82, 2.24) is 5.32 Å². The number of morpholine rings is 1. The van der Waals surface area contributed by atoms with E-state index in [1.54, 1.807) is 6.26 Å². The van der Waals surface area contributed by atoms with Gasteiger partial charge in [-0.2, -0.15) is 0 Å². The predicted molar refractivity (Wildman–Crippen MR) is 105 cm³/mol. The molecule has 0 aliphatic carbocycles. The maximum Gasteiger partial charge on any atom is 0.287 e. The number of furan rings is 1. The van der Waals surface area contributed by atoms with Crippen molar-refractivity contribution in [3.63, 3.8) is 0 Å². The van der Waals surface area contributed by atoms with Gasteiger partial charge in [0.25, 0.3) is 5.91 Å². The summed E-state index contributed by atoms with van der Waals surface area (Å²) in [7, 11) is 0. The van der Waals surface area contributed by atoms with Crippen molar-refractivity contribution in [3.8, 4) is 11.1 Å². The molecule has 0 unspecified atom stereocenters. The molecular formula is C22H22N2O3. The van der Waals surface area contributed by atoms with Gasteiger partial charge in [0.15, 0.2) is 5.76 Å². The van der Waals surface area contributed by atoms with Crippen LogP contribution in [0.4, 0.5) is 5.69 Å². The second-order valence-corrected chi connectivity index (χ2v) is 6.48. The second kappa shape index (κ2) is 8.10. The minimum absolute atomic E-state index is 0.212. The lowest BCUT2D eigenvalue weighted by Gasteiger charge is -2.28. The topological polar surface area (TPSA) is 54.7 Å². The van der Waals surface area contributed by atoms with Gasteiger partial charge in [0.2, 0.25) is 0 Å². The van der Waals surface area contributed by atoms with Crippen LogP contribution in [-0.2, 0) is 11.3 Å². The summed E-state index contributed by atoms with van der Waals surface area (Å²) >= 11 is 0. The number of nitrogens with zero attached hydrogens (tertiary/aromatic N) is 1. The summed E-state index contributed by atoms with van der Waals surface area (Å²) in [6, 6.07) is 19.9. The van der Waals surface area contributed by atoms with E-state index in [4.69, 9.17) is 9.15 Å². The maximum absolute atomic E-state index is 12.6. The second-order valence-electron chi connectivity index (χ2n) is 6.48. The number of anilines is 1. The van der Waals surface area contributed by atoms with Gasteiger partial charge in [-0.3, -0.25) is 4.79 Å². The fourth-order valence-corrected chi connectivity index (χ4v) is 3.24. The van der Waals surface area contributed by atoms with Crippen LogP contribution < -0.4 is 10.2 Å². The normalized spacial score (nSPS) is 14.1. The molecular weight excluding hydrogens is 340 g/mol. The first kappa shape index (κ1) is 17.4. The van der Waals surface area contributed by atoms with Gasteiger partial charge in [-0.05, 0) is 29.3 Å². The average Bonchev–Trinajstić information content (AvgIpc) is 3.24. The van der Waals surface area contributed by atoms with Crippen molar-refractivity contribution in [2.45, 2.75) is 6.54 Å². The van der Waals surface area contributed by atoms with Crippen LogP contribution in [0, 0.1) is 0 Å². The number of benzene rings is 2. The molecule has 3 aromatic rings. The molecule has 5 heteroatoms. The van der Waals surface area contributed by atoms with Gasteiger partial charge in [0, 0.05) is 30.9 Å². The number of nitrogens with one attached hydrogen (secondary N) is 1. The van der Waals surface area contributed by atoms with Crippen LogP contribution in [0.1, 0.15) is 16.1 Å². The molecule has 0 atom stereocenters. The molecule has 0 radical (unpaired) electrons. The van der Waals surface area contributed by atoms with Crippen molar-refractivity contribution in [1.29, 1.82) is 0 Å². The molecule has 0 saturated carbocycles. The first-order valence-corrected chi connectivity index (χ1v) is 9.14. The Kier molecular flexibility index (Phi) is 5.21. The highest BCUT2D eigenvalue weighted by atomic mass is 16.5. The lowest BCUT2D eigenvalue weighted by atomic mass is 10.1. The van der Waals surface area contributed by atoms with Crippen LogP contribution in [0.5, 0.6) is 0 Å². The van der Waals surface area contributed by atoms with E-state index in [0.717, 1.165) is 43.0 Å². The van der Waals surface area contributed by atoms with E-state index in [2.05, 4.69) is 22.3 Å². The van der Waals surface area contributed by atoms with Crippen molar-refractivity contribution in [2.75, 3.05) is 31.2 Å². The standard InChI is InChI=1S/C22H22N2O3/c25-22(21-20(10-13-27-21)18-4-2-1-3-5-18)23-16-17-6-8-19(9-7-17)24-11-14-26-15-12-24/h1-10,13H,11-12,14-16H2,(H,23,25). The monoisotopic (exact) mass is 362 g/mol. The van der Waals surface area contributed by atoms with E-state index in [-0.39, 0.29) is 5.91 Å². The SMILES string of the molecule is O=C(NCc1ccc(N2CCOCC2)cc1)c1occc1-c1ccccc1. The molecule has 2 heterocycles. The predicted octanol–water partition coefficient (Wildman–Crippen LogP) is 3.71. The van der Waals surface area contributed by atoms with E-state index >= 15 is 0 Å². The lowest BCUT2D eigenvalue weighted by molar-refractivity contribution is 0.0924. The van der Waals surface area contributed by atoms with E-state index in [0.29, 0.717) is 12.3 Å². The largest absolute Gasteiger partial charge is 0.459 e. The third-order valence-corrected chi connectivity index (χ3v) is 4.72. The van der Waals surface area contributed by atoms with E-state index < -0.39 is 0 Å². The quantitative estimate of drug-likeness (QED) is 0.752. The van der Waals surface area contributed by atoms with Crippen molar-refractivity contribution < 1.29 is 13.9 Å². The molecule has 4 rings (SSSR count). The summed E-state index contributed by atoms with van der Waals surface area (Å²) in [6.45, 7) is 3.82. The van der Waals surface area contributed by atoms with Gasteiger partial charge in [-0.1, -0.05) is 42.5 Å².